The van der Waals surface area contributed by atoms with Gasteiger partial charge in [0.05, 0.1) is 0 Å². The molecule has 0 radical (unpaired) electrons. The van der Waals surface area contributed by atoms with Crippen LogP contribution >= 0.6 is 0 Å². The Balaban J connectivity index is 0.00000134. The van der Waals surface area contributed by atoms with E-state index in [0.29, 0.717) is 12.4 Å². The molecular formula is C18H31F3N4. The Bertz CT molecular complexity index is 557. The molecule has 0 amide bonds. The Kier molecular flexibility index (Phi) is 10.2. The van der Waals surface area contributed by atoms with E-state index in [1.807, 2.05) is 60.7 Å². The number of hydrogen-bond acceptors (Lipinski definition) is 3. The Morgan fingerprint density at radius 3 is 2.24 bits per heavy atom. The minimum absolute atomic E-state index is 0.0958. The van der Waals surface area contributed by atoms with Gasteiger partial charge in [-0.15, -0.1) is 0 Å². The third-order valence-corrected chi connectivity index (χ3v) is 3.22. The van der Waals surface area contributed by atoms with Crippen molar-refractivity contribution in [3.05, 3.63) is 41.6 Å². The third-order valence-electron chi connectivity index (χ3n) is 3.22. The van der Waals surface area contributed by atoms with E-state index in [1.165, 1.54) is 0 Å². The lowest BCUT2D eigenvalue weighted by Gasteiger charge is -2.21. The van der Waals surface area contributed by atoms with Crippen LogP contribution in [0.15, 0.2) is 30.1 Å². The van der Waals surface area contributed by atoms with Crippen molar-refractivity contribution in [1.82, 2.24) is 20.2 Å². The van der Waals surface area contributed by atoms with Crippen LogP contribution in [0, 0.1) is 0 Å². The van der Waals surface area contributed by atoms with Gasteiger partial charge in [-0.2, -0.15) is 13.2 Å². The van der Waals surface area contributed by atoms with Crippen LogP contribution in [0.3, 0.4) is 0 Å². The van der Waals surface area contributed by atoms with Gasteiger partial charge in [0.1, 0.15) is 11.9 Å². The van der Waals surface area contributed by atoms with E-state index in [4.69, 9.17) is 0 Å². The molecule has 2 N–H and O–H groups in total. The summed E-state index contributed by atoms with van der Waals surface area (Å²) in [6.07, 6.45) is 2.16. The standard InChI is InChI=1S/C14H19F3N4.2C2H6/c1-9(2)21-8-12(14(15,16)17)20-13(21)11-5-4-10(6-18-3)7-19-11;2*1-2/h4-5,7-9,11,18-19H,6H2,1-3H3;2*1-2H3. The Morgan fingerprint density at radius 2 is 1.84 bits per heavy atom. The van der Waals surface area contributed by atoms with Crippen LogP contribution in [-0.2, 0) is 6.18 Å². The van der Waals surface area contributed by atoms with E-state index in [-0.39, 0.29) is 12.1 Å². The van der Waals surface area contributed by atoms with Gasteiger partial charge < -0.3 is 15.2 Å². The van der Waals surface area contributed by atoms with Gasteiger partial charge in [0.2, 0.25) is 0 Å². The number of likely N-dealkylation sites (N-methyl/N-ethyl adjacent to an activating group) is 1. The second-order valence-corrected chi connectivity index (χ2v) is 5.24. The van der Waals surface area contributed by atoms with Gasteiger partial charge in [-0.25, -0.2) is 4.98 Å². The highest BCUT2D eigenvalue weighted by Gasteiger charge is 2.36. The lowest BCUT2D eigenvalue weighted by molar-refractivity contribution is -0.141. The SMILES string of the molecule is CC.CC.CNCC1=CNC(c2nc(C(F)(F)F)cn2C(C)C)C=C1. The Morgan fingerprint density at radius 1 is 1.24 bits per heavy atom. The summed E-state index contributed by atoms with van der Waals surface area (Å²) in [6.45, 7) is 12.4. The highest BCUT2D eigenvalue weighted by molar-refractivity contribution is 5.28. The Labute approximate surface area is 149 Å². The fourth-order valence-corrected chi connectivity index (χ4v) is 2.18. The number of nitrogens with one attached hydrogen (secondary N) is 2. The van der Waals surface area contributed by atoms with Crippen LogP contribution in [0.1, 0.15) is 65.1 Å². The summed E-state index contributed by atoms with van der Waals surface area (Å²) in [6, 6.07) is -0.453. The van der Waals surface area contributed by atoms with Crippen molar-refractivity contribution in [3.8, 4) is 0 Å². The highest BCUT2D eigenvalue weighted by atomic mass is 19.4. The fourth-order valence-electron chi connectivity index (χ4n) is 2.18. The maximum atomic E-state index is 12.8. The van der Waals surface area contributed by atoms with Crippen molar-refractivity contribution < 1.29 is 13.2 Å². The van der Waals surface area contributed by atoms with E-state index < -0.39 is 11.9 Å². The van der Waals surface area contributed by atoms with Crippen molar-refractivity contribution in [1.29, 1.82) is 0 Å². The maximum absolute atomic E-state index is 12.8. The van der Waals surface area contributed by atoms with Gasteiger partial charge >= 0.3 is 6.18 Å². The number of alkyl halides is 3. The van der Waals surface area contributed by atoms with Crippen molar-refractivity contribution in [2.75, 3.05) is 13.6 Å². The molecule has 1 unspecified atom stereocenters. The fraction of sp³-hybridized carbons (Fsp3) is 0.611. The average molecular weight is 360 g/mol. The summed E-state index contributed by atoms with van der Waals surface area (Å²) in [5.74, 6) is 0.369. The molecule has 0 aromatic carbocycles. The molecule has 144 valence electrons. The van der Waals surface area contributed by atoms with E-state index in [2.05, 4.69) is 15.6 Å². The zero-order chi connectivity index (χ0) is 19.6. The summed E-state index contributed by atoms with van der Waals surface area (Å²) in [7, 11) is 1.84. The molecule has 4 nitrogen and oxygen atoms in total. The molecule has 0 spiro atoms. The van der Waals surface area contributed by atoms with E-state index in [0.717, 1.165) is 11.8 Å². The molecule has 7 heteroatoms. The predicted molar refractivity (Wildman–Crippen MR) is 97.3 cm³/mol. The van der Waals surface area contributed by atoms with Gasteiger partial charge in [-0.3, -0.25) is 0 Å². The maximum Gasteiger partial charge on any atom is 0.434 e. The van der Waals surface area contributed by atoms with Gasteiger partial charge in [-0.05, 0) is 26.5 Å². The number of aromatic nitrogens is 2. The number of dihydropyridines is 1. The molecule has 0 bridgehead atoms. The molecule has 0 aliphatic carbocycles. The summed E-state index contributed by atoms with van der Waals surface area (Å²) >= 11 is 0. The van der Waals surface area contributed by atoms with Gasteiger partial charge in [0.15, 0.2) is 5.69 Å². The van der Waals surface area contributed by atoms with Crippen LogP contribution in [0.4, 0.5) is 13.2 Å². The molecule has 1 aromatic heterocycles. The van der Waals surface area contributed by atoms with Crippen molar-refractivity contribution in [3.63, 3.8) is 0 Å². The molecule has 1 aliphatic rings. The number of rotatable bonds is 4. The van der Waals surface area contributed by atoms with Crippen molar-refractivity contribution >= 4 is 0 Å². The number of hydrogen-bond donors (Lipinski definition) is 2. The monoisotopic (exact) mass is 360 g/mol. The lowest BCUT2D eigenvalue weighted by Crippen LogP contribution is -2.23. The van der Waals surface area contributed by atoms with Crippen LogP contribution in [0.5, 0.6) is 0 Å². The van der Waals surface area contributed by atoms with Crippen LogP contribution in [0.2, 0.25) is 0 Å². The molecular weight excluding hydrogens is 329 g/mol. The smallest absolute Gasteiger partial charge is 0.378 e. The molecule has 1 atom stereocenters. The molecule has 0 saturated carbocycles. The van der Waals surface area contributed by atoms with Gasteiger partial charge in [0.25, 0.3) is 0 Å². The normalized spacial score (nSPS) is 16.3. The summed E-state index contributed by atoms with van der Waals surface area (Å²) in [4.78, 5) is 3.78. The van der Waals surface area contributed by atoms with Crippen LogP contribution < -0.4 is 10.6 Å². The zero-order valence-corrected chi connectivity index (χ0v) is 16.2. The lowest BCUT2D eigenvalue weighted by atomic mass is 10.1. The molecule has 2 heterocycles. The summed E-state index contributed by atoms with van der Waals surface area (Å²) in [5, 5.41) is 6.11. The zero-order valence-electron chi connectivity index (χ0n) is 16.2. The second-order valence-electron chi connectivity index (χ2n) is 5.24. The second kappa shape index (κ2) is 11.0. The minimum atomic E-state index is -4.43. The number of halogens is 3. The molecule has 1 aromatic rings. The molecule has 25 heavy (non-hydrogen) atoms. The first kappa shape index (κ1) is 23.2. The number of nitrogens with zero attached hydrogens (tertiary/aromatic N) is 2. The largest absolute Gasteiger partial charge is 0.434 e. The minimum Gasteiger partial charge on any atom is -0.378 e. The third kappa shape index (κ3) is 6.57. The summed E-state index contributed by atoms with van der Waals surface area (Å²) < 4.78 is 40.1. The van der Waals surface area contributed by atoms with Crippen molar-refractivity contribution in [2.45, 2.75) is 59.8 Å². The van der Waals surface area contributed by atoms with Gasteiger partial charge in [0, 0.05) is 25.0 Å². The van der Waals surface area contributed by atoms with E-state index >= 15 is 0 Å². The topological polar surface area (TPSA) is 41.9 Å². The first-order valence-electron chi connectivity index (χ1n) is 8.76. The highest BCUT2D eigenvalue weighted by Crippen LogP contribution is 2.31. The summed E-state index contributed by atoms with van der Waals surface area (Å²) in [5.41, 5.74) is 0.179. The quantitative estimate of drug-likeness (QED) is 0.807. The number of imidazole rings is 1. The predicted octanol–water partition coefficient (Wildman–Crippen LogP) is 4.84. The molecule has 1 aliphatic heterocycles. The van der Waals surface area contributed by atoms with Crippen molar-refractivity contribution in [2.24, 2.45) is 0 Å². The van der Waals surface area contributed by atoms with Crippen LogP contribution in [0.25, 0.3) is 0 Å². The molecule has 0 fully saturated rings. The first-order valence-corrected chi connectivity index (χ1v) is 8.76. The van der Waals surface area contributed by atoms with Crippen LogP contribution in [-0.4, -0.2) is 23.1 Å². The van der Waals surface area contributed by atoms with E-state index in [1.54, 1.807) is 10.8 Å². The molecule has 2 rings (SSSR count). The molecule has 0 saturated heterocycles. The van der Waals surface area contributed by atoms with Gasteiger partial charge in [-0.1, -0.05) is 39.8 Å². The Hall–Kier alpha value is -1.76. The average Bonchev–Trinajstić information content (AvgIpc) is 3.05. The first-order chi connectivity index (χ1) is 11.8. The van der Waals surface area contributed by atoms with E-state index in [9.17, 15) is 13.2 Å².